The zero-order valence-corrected chi connectivity index (χ0v) is 11.9. The highest BCUT2D eigenvalue weighted by atomic mass is 16.1. The molecule has 1 unspecified atom stereocenters. The van der Waals surface area contributed by atoms with E-state index in [1.807, 2.05) is 49.3 Å². The molecule has 2 heteroatoms. The van der Waals surface area contributed by atoms with E-state index < -0.39 is 0 Å². The quantitative estimate of drug-likeness (QED) is 0.651. The fourth-order valence-electron chi connectivity index (χ4n) is 2.27. The van der Waals surface area contributed by atoms with E-state index in [-0.39, 0.29) is 6.04 Å². The lowest BCUT2D eigenvalue weighted by Crippen LogP contribution is -2.27. The molecule has 0 N–H and O–H groups in total. The molecule has 100 valence electrons. The summed E-state index contributed by atoms with van der Waals surface area (Å²) in [6, 6.07) is 9.96. The van der Waals surface area contributed by atoms with E-state index in [2.05, 4.69) is 6.92 Å². The number of carbonyl (C=O) groups excluding carboxylic acids is 1. The maximum Gasteiger partial charge on any atom is 0.154 e. The number of hydrogen-bond acceptors (Lipinski definition) is 2. The summed E-state index contributed by atoms with van der Waals surface area (Å²) in [6.07, 6.45) is 5.31. The van der Waals surface area contributed by atoms with E-state index >= 15 is 0 Å². The van der Waals surface area contributed by atoms with Crippen molar-refractivity contribution in [1.29, 1.82) is 0 Å². The van der Waals surface area contributed by atoms with Crippen molar-refractivity contribution in [3.63, 3.8) is 0 Å². The number of benzene rings is 1. The van der Waals surface area contributed by atoms with E-state index in [1.165, 1.54) is 12.8 Å². The van der Waals surface area contributed by atoms with Crippen molar-refractivity contribution in [1.82, 2.24) is 4.90 Å². The second-order valence-electron chi connectivity index (χ2n) is 5.05. The van der Waals surface area contributed by atoms with Crippen LogP contribution in [-0.4, -0.2) is 24.8 Å². The predicted molar refractivity (Wildman–Crippen MR) is 76.6 cm³/mol. The molecule has 1 rings (SSSR count). The van der Waals surface area contributed by atoms with E-state index in [1.54, 1.807) is 0 Å². The zero-order chi connectivity index (χ0) is 13.4. The first-order valence-electron chi connectivity index (χ1n) is 6.91. The number of unbranched alkanes of at least 4 members (excludes halogenated alkanes) is 3. The van der Waals surface area contributed by atoms with Crippen LogP contribution in [0.3, 0.4) is 0 Å². The molecule has 0 aliphatic carbocycles. The van der Waals surface area contributed by atoms with E-state index in [9.17, 15) is 4.79 Å². The van der Waals surface area contributed by atoms with Gasteiger partial charge in [-0.1, -0.05) is 56.5 Å². The zero-order valence-electron chi connectivity index (χ0n) is 11.9. The molecule has 0 bridgehead atoms. The van der Waals surface area contributed by atoms with Gasteiger partial charge in [-0.25, -0.2) is 0 Å². The molecule has 0 aliphatic rings. The van der Waals surface area contributed by atoms with Gasteiger partial charge in [0.25, 0.3) is 0 Å². The van der Waals surface area contributed by atoms with Gasteiger partial charge in [0, 0.05) is 6.42 Å². The third kappa shape index (κ3) is 4.61. The van der Waals surface area contributed by atoms with Gasteiger partial charge in [-0.3, -0.25) is 9.69 Å². The predicted octanol–water partition coefficient (Wildman–Crippen LogP) is 3.83. The van der Waals surface area contributed by atoms with Gasteiger partial charge in [0.05, 0.1) is 6.04 Å². The maximum atomic E-state index is 12.3. The third-order valence-electron chi connectivity index (χ3n) is 3.21. The maximum absolute atomic E-state index is 12.3. The van der Waals surface area contributed by atoms with Crippen LogP contribution in [-0.2, 0) is 4.79 Å². The number of nitrogens with zero attached hydrogens (tertiary/aromatic N) is 1. The Hall–Kier alpha value is -1.15. The lowest BCUT2D eigenvalue weighted by molar-refractivity contribution is -0.123. The normalized spacial score (nSPS) is 12.7. The smallest absolute Gasteiger partial charge is 0.154 e. The summed E-state index contributed by atoms with van der Waals surface area (Å²) in [4.78, 5) is 14.3. The first kappa shape index (κ1) is 14.9. The Morgan fingerprint density at radius 2 is 1.78 bits per heavy atom. The summed E-state index contributed by atoms with van der Waals surface area (Å²) < 4.78 is 0. The Bertz CT molecular complexity index is 345. The van der Waals surface area contributed by atoms with E-state index in [4.69, 9.17) is 0 Å². The van der Waals surface area contributed by atoms with E-state index in [0.717, 1.165) is 18.4 Å². The van der Waals surface area contributed by atoms with Crippen LogP contribution in [0.25, 0.3) is 0 Å². The Balaban J connectivity index is 2.60. The summed E-state index contributed by atoms with van der Waals surface area (Å²) in [7, 11) is 3.95. The minimum atomic E-state index is -0.0900. The highest BCUT2D eigenvalue weighted by molar-refractivity contribution is 5.85. The molecule has 0 radical (unpaired) electrons. The number of Topliss-reactive ketones (excluding diaryl/α,β-unsaturated/α-hetero) is 1. The highest BCUT2D eigenvalue weighted by Gasteiger charge is 2.21. The van der Waals surface area contributed by atoms with Gasteiger partial charge >= 0.3 is 0 Å². The second kappa shape index (κ2) is 8.04. The first-order valence-corrected chi connectivity index (χ1v) is 6.91. The molecule has 1 atom stereocenters. The topological polar surface area (TPSA) is 20.3 Å². The van der Waals surface area contributed by atoms with Gasteiger partial charge in [-0.05, 0) is 26.1 Å². The van der Waals surface area contributed by atoms with Crippen molar-refractivity contribution in [2.24, 2.45) is 0 Å². The standard InChI is InChI=1S/C16H25NO/c1-4-5-6-10-13-15(18)16(17(2)3)14-11-8-7-9-12-14/h7-9,11-12,16H,4-6,10,13H2,1-3H3. The Kier molecular flexibility index (Phi) is 6.66. The van der Waals surface area contributed by atoms with Crippen LogP contribution in [0, 0.1) is 0 Å². The lowest BCUT2D eigenvalue weighted by atomic mass is 9.97. The lowest BCUT2D eigenvalue weighted by Gasteiger charge is -2.23. The van der Waals surface area contributed by atoms with Crippen LogP contribution in [0.4, 0.5) is 0 Å². The number of ketones is 1. The molecule has 2 nitrogen and oxygen atoms in total. The molecular weight excluding hydrogens is 222 g/mol. The van der Waals surface area contributed by atoms with Crippen LogP contribution in [0.15, 0.2) is 30.3 Å². The number of rotatable bonds is 8. The van der Waals surface area contributed by atoms with Crippen LogP contribution in [0.2, 0.25) is 0 Å². The number of carbonyl (C=O) groups is 1. The summed E-state index contributed by atoms with van der Waals surface area (Å²) in [5.74, 6) is 0.335. The van der Waals surface area contributed by atoms with Gasteiger partial charge in [0.15, 0.2) is 5.78 Å². The van der Waals surface area contributed by atoms with Crippen molar-refractivity contribution < 1.29 is 4.79 Å². The number of likely N-dealkylation sites (N-methyl/N-ethyl adjacent to an activating group) is 1. The molecule has 0 amide bonds. The minimum Gasteiger partial charge on any atom is -0.298 e. The minimum absolute atomic E-state index is 0.0900. The van der Waals surface area contributed by atoms with Crippen LogP contribution >= 0.6 is 0 Å². The average molecular weight is 247 g/mol. The molecule has 0 heterocycles. The van der Waals surface area contributed by atoms with Gasteiger partial charge in [0.1, 0.15) is 0 Å². The van der Waals surface area contributed by atoms with Gasteiger partial charge in [0.2, 0.25) is 0 Å². The summed E-state index contributed by atoms with van der Waals surface area (Å²) >= 11 is 0. The molecule has 0 saturated carbocycles. The van der Waals surface area contributed by atoms with Crippen molar-refractivity contribution >= 4 is 5.78 Å². The Morgan fingerprint density at radius 3 is 2.33 bits per heavy atom. The molecule has 18 heavy (non-hydrogen) atoms. The monoisotopic (exact) mass is 247 g/mol. The SMILES string of the molecule is CCCCCCC(=O)C(c1ccccc1)N(C)C. The fourth-order valence-corrected chi connectivity index (χ4v) is 2.27. The Morgan fingerprint density at radius 1 is 1.11 bits per heavy atom. The molecule has 0 aromatic heterocycles. The fraction of sp³-hybridized carbons (Fsp3) is 0.562. The van der Waals surface area contributed by atoms with Crippen molar-refractivity contribution in [2.45, 2.75) is 45.1 Å². The summed E-state index contributed by atoms with van der Waals surface area (Å²) in [5.41, 5.74) is 1.10. The van der Waals surface area contributed by atoms with Crippen LogP contribution < -0.4 is 0 Å². The highest BCUT2D eigenvalue weighted by Crippen LogP contribution is 2.21. The Labute approximate surface area is 111 Å². The van der Waals surface area contributed by atoms with Gasteiger partial charge < -0.3 is 0 Å². The van der Waals surface area contributed by atoms with Crippen LogP contribution in [0.5, 0.6) is 0 Å². The van der Waals surface area contributed by atoms with Gasteiger partial charge in [-0.2, -0.15) is 0 Å². The van der Waals surface area contributed by atoms with Gasteiger partial charge in [-0.15, -0.1) is 0 Å². The second-order valence-corrected chi connectivity index (χ2v) is 5.05. The van der Waals surface area contributed by atoms with Crippen LogP contribution in [0.1, 0.15) is 50.6 Å². The van der Waals surface area contributed by atoms with Crippen molar-refractivity contribution in [3.05, 3.63) is 35.9 Å². The molecule has 0 saturated heterocycles. The van der Waals surface area contributed by atoms with E-state index in [0.29, 0.717) is 12.2 Å². The largest absolute Gasteiger partial charge is 0.298 e. The molecule has 1 aromatic carbocycles. The first-order chi connectivity index (χ1) is 8.66. The summed E-state index contributed by atoms with van der Waals surface area (Å²) in [6.45, 7) is 2.19. The molecular formula is C16H25NO. The molecule has 0 fully saturated rings. The summed E-state index contributed by atoms with van der Waals surface area (Å²) in [5, 5.41) is 0. The molecule has 1 aromatic rings. The number of hydrogen-bond donors (Lipinski definition) is 0. The average Bonchev–Trinajstić information content (AvgIpc) is 2.36. The molecule has 0 spiro atoms. The van der Waals surface area contributed by atoms with Crippen molar-refractivity contribution in [2.75, 3.05) is 14.1 Å². The van der Waals surface area contributed by atoms with Crippen molar-refractivity contribution in [3.8, 4) is 0 Å². The third-order valence-corrected chi connectivity index (χ3v) is 3.21. The molecule has 0 aliphatic heterocycles.